The van der Waals surface area contributed by atoms with Gasteiger partial charge >= 0.3 is 6.18 Å². The van der Waals surface area contributed by atoms with Crippen molar-refractivity contribution >= 4 is 23.1 Å². The molecule has 0 bridgehead atoms. The standard InChI is InChI=1S/C28H32F3N7O2S/c1-15-23(41-25(35-15)24-33-7-4-8-34-24)26(39)38-13-18-19(14-38)22(18)40-21-12-17(27(2,3)32)11-20(36-21)37-9-5-16(6-10-37)28(29,30)31/h4,7-8,11-12,16,18-19,22H,5-6,9-10,13-14,32H2,1-3H3/t18-,19+,22?. The predicted molar refractivity (Wildman–Crippen MR) is 148 cm³/mol. The van der Waals surface area contributed by atoms with Crippen molar-refractivity contribution in [3.63, 3.8) is 0 Å². The van der Waals surface area contributed by atoms with E-state index in [0.717, 1.165) is 5.56 Å². The normalized spacial score (nSPS) is 23.0. The molecular weight excluding hydrogens is 555 g/mol. The fourth-order valence-electron chi connectivity index (χ4n) is 5.72. The number of carbonyl (C=O) groups is 1. The number of fused-ring (bicyclic) bond motifs is 1. The van der Waals surface area contributed by atoms with Gasteiger partial charge in [0, 0.05) is 62.0 Å². The van der Waals surface area contributed by atoms with Gasteiger partial charge < -0.3 is 20.3 Å². The van der Waals surface area contributed by atoms with E-state index in [4.69, 9.17) is 10.5 Å². The molecule has 3 aromatic heterocycles. The van der Waals surface area contributed by atoms with Crippen LogP contribution < -0.4 is 15.4 Å². The number of hydrogen-bond donors (Lipinski definition) is 1. The number of thiazole rings is 1. The van der Waals surface area contributed by atoms with Gasteiger partial charge in [-0.05, 0) is 51.3 Å². The number of hydrogen-bond acceptors (Lipinski definition) is 9. The molecule has 1 saturated carbocycles. The first-order valence-corrected chi connectivity index (χ1v) is 14.5. The Balaban J connectivity index is 1.12. The SMILES string of the molecule is Cc1nc(-c2ncccn2)sc1C(=O)N1C[C@@H]2C(Oc3cc(C(C)(C)N)cc(N4CCC(C(F)(F)F)CC4)n3)[C@@H]2C1. The molecule has 5 heterocycles. The van der Waals surface area contributed by atoms with Gasteiger partial charge in [0.25, 0.3) is 5.91 Å². The summed E-state index contributed by atoms with van der Waals surface area (Å²) in [6.07, 6.45) is -0.896. The Morgan fingerprint density at radius 2 is 1.73 bits per heavy atom. The molecule has 41 heavy (non-hydrogen) atoms. The quantitative estimate of drug-likeness (QED) is 0.451. The van der Waals surface area contributed by atoms with Crippen LogP contribution >= 0.6 is 11.3 Å². The first kappa shape index (κ1) is 27.8. The van der Waals surface area contributed by atoms with Crippen molar-refractivity contribution in [3.8, 4) is 16.7 Å². The highest BCUT2D eigenvalue weighted by Gasteiger charge is 2.59. The Kier molecular flexibility index (Phi) is 6.92. The highest BCUT2D eigenvalue weighted by molar-refractivity contribution is 7.17. The van der Waals surface area contributed by atoms with Crippen LogP contribution in [0.4, 0.5) is 19.0 Å². The van der Waals surface area contributed by atoms with Gasteiger partial charge in [-0.1, -0.05) is 0 Å². The zero-order chi connectivity index (χ0) is 29.1. The van der Waals surface area contributed by atoms with Crippen LogP contribution in [0.5, 0.6) is 5.88 Å². The van der Waals surface area contributed by atoms with Gasteiger partial charge in [-0.25, -0.2) is 15.0 Å². The average Bonchev–Trinajstić information content (AvgIpc) is 3.25. The van der Waals surface area contributed by atoms with Gasteiger partial charge in [-0.2, -0.15) is 18.2 Å². The lowest BCUT2D eigenvalue weighted by atomic mass is 9.94. The smallest absolute Gasteiger partial charge is 0.391 e. The number of halogens is 3. The van der Waals surface area contributed by atoms with Crippen molar-refractivity contribution in [2.75, 3.05) is 31.1 Å². The number of rotatable bonds is 6. The lowest BCUT2D eigenvalue weighted by Crippen LogP contribution is -2.39. The Labute approximate surface area is 240 Å². The van der Waals surface area contributed by atoms with Gasteiger partial charge in [0.05, 0.1) is 11.6 Å². The van der Waals surface area contributed by atoms with Crippen LogP contribution in [-0.4, -0.2) is 69.2 Å². The number of piperidine rings is 2. The van der Waals surface area contributed by atoms with E-state index in [2.05, 4.69) is 19.9 Å². The molecule has 6 rings (SSSR count). The lowest BCUT2D eigenvalue weighted by molar-refractivity contribution is -0.179. The van der Waals surface area contributed by atoms with Crippen molar-refractivity contribution < 1.29 is 22.7 Å². The molecule has 0 spiro atoms. The summed E-state index contributed by atoms with van der Waals surface area (Å²) in [5.41, 5.74) is 7.17. The van der Waals surface area contributed by atoms with E-state index in [1.807, 2.05) is 42.7 Å². The van der Waals surface area contributed by atoms with E-state index in [1.165, 1.54) is 11.3 Å². The first-order valence-electron chi connectivity index (χ1n) is 13.7. The highest BCUT2D eigenvalue weighted by Crippen LogP contribution is 2.49. The maximum atomic E-state index is 13.3. The van der Waals surface area contributed by atoms with Crippen molar-refractivity contribution in [2.45, 2.75) is 51.4 Å². The molecule has 3 fully saturated rings. The zero-order valence-corrected chi connectivity index (χ0v) is 23.9. The van der Waals surface area contributed by atoms with Crippen LogP contribution in [0.2, 0.25) is 0 Å². The van der Waals surface area contributed by atoms with Crippen LogP contribution in [0.25, 0.3) is 10.8 Å². The minimum absolute atomic E-state index is 0.0351. The molecule has 2 N–H and O–H groups in total. The van der Waals surface area contributed by atoms with Crippen molar-refractivity contribution in [2.24, 2.45) is 23.5 Å². The van der Waals surface area contributed by atoms with Crippen LogP contribution in [0.1, 0.15) is 47.6 Å². The van der Waals surface area contributed by atoms with E-state index < -0.39 is 17.6 Å². The molecule has 3 atom stereocenters. The Bertz CT molecular complexity index is 1420. The predicted octanol–water partition coefficient (Wildman–Crippen LogP) is 4.43. The Morgan fingerprint density at radius 3 is 2.34 bits per heavy atom. The molecule has 0 aromatic carbocycles. The summed E-state index contributed by atoms with van der Waals surface area (Å²) in [7, 11) is 0. The number of amides is 1. The number of carbonyl (C=O) groups excluding carboxylic acids is 1. The lowest BCUT2D eigenvalue weighted by Gasteiger charge is -2.34. The molecule has 1 amide bonds. The van der Waals surface area contributed by atoms with E-state index in [9.17, 15) is 18.0 Å². The van der Waals surface area contributed by atoms with Crippen LogP contribution in [0.3, 0.4) is 0 Å². The summed E-state index contributed by atoms with van der Waals surface area (Å²) >= 11 is 1.30. The molecular formula is C28H32F3N7O2S. The minimum Gasteiger partial charge on any atom is -0.474 e. The number of alkyl halides is 3. The summed E-state index contributed by atoms with van der Waals surface area (Å²) < 4.78 is 45.9. The van der Waals surface area contributed by atoms with E-state index in [-0.39, 0.29) is 49.8 Å². The Hall–Kier alpha value is -3.32. The number of aromatic nitrogens is 4. The summed E-state index contributed by atoms with van der Waals surface area (Å²) in [6.45, 7) is 7.25. The van der Waals surface area contributed by atoms with E-state index in [1.54, 1.807) is 18.5 Å². The second kappa shape index (κ2) is 10.2. The summed E-state index contributed by atoms with van der Waals surface area (Å²) in [4.78, 5) is 35.3. The number of nitrogens with two attached hydrogens (primary N) is 1. The fraction of sp³-hybridized carbons (Fsp3) is 0.536. The zero-order valence-electron chi connectivity index (χ0n) is 23.1. The number of likely N-dealkylation sites (tertiary alicyclic amines) is 1. The summed E-state index contributed by atoms with van der Waals surface area (Å²) in [5, 5.41) is 0.615. The van der Waals surface area contributed by atoms with E-state index >= 15 is 0 Å². The maximum absolute atomic E-state index is 13.3. The number of ether oxygens (including phenoxy) is 1. The third-order valence-corrected chi connectivity index (χ3v) is 9.36. The molecule has 3 aromatic rings. The molecule has 1 aliphatic carbocycles. The molecule has 9 nitrogen and oxygen atoms in total. The minimum atomic E-state index is -4.18. The number of aryl methyl sites for hydroxylation is 1. The third kappa shape index (κ3) is 5.61. The van der Waals surface area contributed by atoms with Crippen molar-refractivity contribution in [3.05, 3.63) is 46.7 Å². The molecule has 2 aliphatic heterocycles. The van der Waals surface area contributed by atoms with Crippen molar-refractivity contribution in [1.82, 2.24) is 24.8 Å². The summed E-state index contributed by atoms with van der Waals surface area (Å²) in [6, 6.07) is 5.40. The number of pyridine rings is 1. The second-order valence-electron chi connectivity index (χ2n) is 11.7. The van der Waals surface area contributed by atoms with Gasteiger partial charge in [0.1, 0.15) is 16.8 Å². The maximum Gasteiger partial charge on any atom is 0.391 e. The molecule has 1 unspecified atom stereocenters. The molecule has 0 radical (unpaired) electrons. The first-order chi connectivity index (χ1) is 19.4. The summed E-state index contributed by atoms with van der Waals surface area (Å²) in [5.74, 6) is 0.527. The van der Waals surface area contributed by atoms with Gasteiger partial charge in [0.2, 0.25) is 5.88 Å². The highest BCUT2D eigenvalue weighted by atomic mass is 32.1. The molecule has 2 saturated heterocycles. The topological polar surface area (TPSA) is 110 Å². The second-order valence-corrected chi connectivity index (χ2v) is 12.7. The number of nitrogens with zero attached hydrogens (tertiary/aromatic N) is 6. The van der Waals surface area contributed by atoms with Gasteiger partial charge in [-0.15, -0.1) is 11.3 Å². The van der Waals surface area contributed by atoms with Crippen molar-refractivity contribution in [1.29, 1.82) is 0 Å². The van der Waals surface area contributed by atoms with Crippen LogP contribution in [0, 0.1) is 24.7 Å². The van der Waals surface area contributed by atoms with Crippen LogP contribution in [-0.2, 0) is 5.54 Å². The average molecular weight is 588 g/mol. The number of anilines is 1. The van der Waals surface area contributed by atoms with Crippen LogP contribution in [0.15, 0.2) is 30.6 Å². The largest absolute Gasteiger partial charge is 0.474 e. The molecule has 13 heteroatoms. The monoisotopic (exact) mass is 587 g/mol. The molecule has 218 valence electrons. The molecule has 3 aliphatic rings. The Morgan fingerprint density at radius 1 is 1.07 bits per heavy atom. The fourth-order valence-corrected chi connectivity index (χ4v) is 6.70. The van der Waals surface area contributed by atoms with Gasteiger partial charge in [0.15, 0.2) is 10.8 Å². The van der Waals surface area contributed by atoms with Gasteiger partial charge in [-0.3, -0.25) is 4.79 Å². The van der Waals surface area contributed by atoms with E-state index in [0.29, 0.717) is 46.2 Å². The third-order valence-electron chi connectivity index (χ3n) is 8.22.